The largest absolute Gasteiger partial charge is 0.464 e. The number of para-hydroxylation sites is 1. The Hall–Kier alpha value is -2.43. The zero-order chi connectivity index (χ0) is 11.7. The number of aromatic nitrogens is 3. The zero-order valence-electron chi connectivity index (χ0n) is 9.21. The average molecular weight is 226 g/mol. The molecule has 0 bridgehead atoms. The molecule has 0 aliphatic rings. The first kappa shape index (κ1) is 9.77. The molecule has 0 radical (unpaired) electrons. The number of rotatable bonds is 2. The topological polar surface area (TPSA) is 63.8 Å². The summed E-state index contributed by atoms with van der Waals surface area (Å²) in [4.78, 5) is 4.34. The first-order chi connectivity index (χ1) is 8.38. The number of hydrogen-bond donors (Lipinski definition) is 1. The van der Waals surface area contributed by atoms with Gasteiger partial charge in [0, 0.05) is 12.4 Å². The Morgan fingerprint density at radius 2 is 2.12 bits per heavy atom. The molecule has 17 heavy (non-hydrogen) atoms. The van der Waals surface area contributed by atoms with Crippen molar-refractivity contribution in [2.45, 2.75) is 0 Å². The number of anilines is 1. The Bertz CT molecular complexity index is 662. The standard InChI is InChI=1S/C12H10N4O/c1-13-11-6-14-16-12(15-11)9-7-17-10-5-3-2-4-8(9)10/h2-7H,1H3,(H,13,15,16). The van der Waals surface area contributed by atoms with Crippen molar-refractivity contribution in [3.8, 4) is 11.4 Å². The predicted molar refractivity (Wildman–Crippen MR) is 64.6 cm³/mol. The quantitative estimate of drug-likeness (QED) is 0.726. The highest BCUT2D eigenvalue weighted by molar-refractivity contribution is 5.91. The Labute approximate surface area is 97.5 Å². The maximum Gasteiger partial charge on any atom is 0.187 e. The zero-order valence-corrected chi connectivity index (χ0v) is 9.21. The van der Waals surface area contributed by atoms with E-state index >= 15 is 0 Å². The van der Waals surface area contributed by atoms with Gasteiger partial charge in [0.15, 0.2) is 5.82 Å². The molecule has 0 unspecified atom stereocenters. The molecule has 84 valence electrons. The van der Waals surface area contributed by atoms with Crippen LogP contribution in [0.4, 0.5) is 5.82 Å². The van der Waals surface area contributed by atoms with Crippen LogP contribution >= 0.6 is 0 Å². The molecule has 2 heterocycles. The molecule has 1 N–H and O–H groups in total. The van der Waals surface area contributed by atoms with Gasteiger partial charge in [0.25, 0.3) is 0 Å². The lowest BCUT2D eigenvalue weighted by atomic mass is 10.2. The molecule has 0 aliphatic carbocycles. The summed E-state index contributed by atoms with van der Waals surface area (Å²) in [5, 5.41) is 11.8. The number of benzene rings is 1. The summed E-state index contributed by atoms with van der Waals surface area (Å²) in [7, 11) is 1.79. The summed E-state index contributed by atoms with van der Waals surface area (Å²) in [6.07, 6.45) is 3.23. The molecule has 0 aliphatic heterocycles. The Kier molecular flexibility index (Phi) is 2.22. The van der Waals surface area contributed by atoms with E-state index in [0.717, 1.165) is 16.5 Å². The Morgan fingerprint density at radius 3 is 3.00 bits per heavy atom. The van der Waals surface area contributed by atoms with Crippen molar-refractivity contribution in [1.82, 2.24) is 15.2 Å². The molecule has 3 rings (SSSR count). The summed E-state index contributed by atoms with van der Waals surface area (Å²) in [6.45, 7) is 0. The van der Waals surface area contributed by atoms with Crippen molar-refractivity contribution in [2.75, 3.05) is 12.4 Å². The van der Waals surface area contributed by atoms with Crippen LogP contribution in [0.15, 0.2) is 41.1 Å². The monoisotopic (exact) mass is 226 g/mol. The van der Waals surface area contributed by atoms with Crippen LogP contribution in [-0.2, 0) is 0 Å². The van der Waals surface area contributed by atoms with E-state index in [1.54, 1.807) is 19.5 Å². The van der Waals surface area contributed by atoms with Crippen LogP contribution in [0.25, 0.3) is 22.4 Å². The average Bonchev–Trinajstić information content (AvgIpc) is 2.82. The van der Waals surface area contributed by atoms with Crippen molar-refractivity contribution in [3.05, 3.63) is 36.7 Å². The first-order valence-corrected chi connectivity index (χ1v) is 5.22. The van der Waals surface area contributed by atoms with Crippen molar-refractivity contribution in [2.24, 2.45) is 0 Å². The summed E-state index contributed by atoms with van der Waals surface area (Å²) in [6, 6.07) is 7.77. The summed E-state index contributed by atoms with van der Waals surface area (Å²) in [5.74, 6) is 1.24. The summed E-state index contributed by atoms with van der Waals surface area (Å²) in [5.41, 5.74) is 1.67. The van der Waals surface area contributed by atoms with E-state index in [1.165, 1.54) is 0 Å². The number of nitrogens with zero attached hydrogens (tertiary/aromatic N) is 3. The van der Waals surface area contributed by atoms with Gasteiger partial charge in [-0.3, -0.25) is 0 Å². The fraction of sp³-hybridized carbons (Fsp3) is 0.0833. The van der Waals surface area contributed by atoms with E-state index in [0.29, 0.717) is 11.6 Å². The number of hydrogen-bond acceptors (Lipinski definition) is 5. The maximum atomic E-state index is 5.45. The summed E-state index contributed by atoms with van der Waals surface area (Å²) < 4.78 is 5.45. The highest BCUT2D eigenvalue weighted by Gasteiger charge is 2.10. The van der Waals surface area contributed by atoms with Gasteiger partial charge in [-0.05, 0) is 6.07 Å². The third-order valence-electron chi connectivity index (χ3n) is 2.54. The molecular weight excluding hydrogens is 216 g/mol. The van der Waals surface area contributed by atoms with Crippen LogP contribution < -0.4 is 5.32 Å². The van der Waals surface area contributed by atoms with Crippen LogP contribution in [0.5, 0.6) is 0 Å². The number of fused-ring (bicyclic) bond motifs is 1. The molecule has 0 saturated heterocycles. The highest BCUT2D eigenvalue weighted by atomic mass is 16.3. The lowest BCUT2D eigenvalue weighted by Crippen LogP contribution is -1.97. The second-order valence-electron chi connectivity index (χ2n) is 3.56. The molecule has 5 nitrogen and oxygen atoms in total. The minimum atomic E-state index is 0.557. The molecule has 5 heteroatoms. The normalized spacial score (nSPS) is 10.6. The van der Waals surface area contributed by atoms with Gasteiger partial charge < -0.3 is 9.73 Å². The van der Waals surface area contributed by atoms with E-state index in [2.05, 4.69) is 20.5 Å². The third kappa shape index (κ3) is 1.61. The van der Waals surface area contributed by atoms with Crippen LogP contribution in [0.2, 0.25) is 0 Å². The first-order valence-electron chi connectivity index (χ1n) is 5.22. The molecular formula is C12H10N4O. The molecule has 0 saturated carbocycles. The van der Waals surface area contributed by atoms with Crippen molar-refractivity contribution in [3.63, 3.8) is 0 Å². The van der Waals surface area contributed by atoms with Crippen LogP contribution in [-0.4, -0.2) is 22.2 Å². The molecule has 0 atom stereocenters. The fourth-order valence-corrected chi connectivity index (χ4v) is 1.69. The van der Waals surface area contributed by atoms with Crippen LogP contribution in [0, 0.1) is 0 Å². The van der Waals surface area contributed by atoms with Gasteiger partial charge in [0.2, 0.25) is 0 Å². The lowest BCUT2D eigenvalue weighted by molar-refractivity contribution is 0.616. The Morgan fingerprint density at radius 1 is 1.24 bits per heavy atom. The van der Waals surface area contributed by atoms with Gasteiger partial charge in [-0.2, -0.15) is 5.10 Å². The minimum Gasteiger partial charge on any atom is -0.464 e. The summed E-state index contributed by atoms with van der Waals surface area (Å²) >= 11 is 0. The second-order valence-corrected chi connectivity index (χ2v) is 3.56. The number of nitrogens with one attached hydrogen (secondary N) is 1. The second kappa shape index (κ2) is 3.86. The van der Waals surface area contributed by atoms with Crippen LogP contribution in [0.3, 0.4) is 0 Å². The van der Waals surface area contributed by atoms with E-state index in [4.69, 9.17) is 4.42 Å². The minimum absolute atomic E-state index is 0.557. The van der Waals surface area contributed by atoms with Gasteiger partial charge in [-0.1, -0.05) is 18.2 Å². The van der Waals surface area contributed by atoms with Gasteiger partial charge in [-0.15, -0.1) is 5.10 Å². The molecule has 0 fully saturated rings. The van der Waals surface area contributed by atoms with Gasteiger partial charge in [0.05, 0.1) is 11.8 Å². The third-order valence-corrected chi connectivity index (χ3v) is 2.54. The Balaban J connectivity index is 2.20. The van der Waals surface area contributed by atoms with Gasteiger partial charge >= 0.3 is 0 Å². The molecule has 0 amide bonds. The molecule has 1 aromatic carbocycles. The maximum absolute atomic E-state index is 5.45. The predicted octanol–water partition coefficient (Wildman–Crippen LogP) is 2.33. The van der Waals surface area contributed by atoms with Gasteiger partial charge in [-0.25, -0.2) is 4.98 Å². The fourth-order valence-electron chi connectivity index (χ4n) is 1.69. The van der Waals surface area contributed by atoms with Crippen molar-refractivity contribution >= 4 is 16.8 Å². The molecule has 3 aromatic rings. The van der Waals surface area contributed by atoms with E-state index in [-0.39, 0.29) is 0 Å². The molecule has 2 aromatic heterocycles. The van der Waals surface area contributed by atoms with E-state index in [9.17, 15) is 0 Å². The van der Waals surface area contributed by atoms with Crippen molar-refractivity contribution < 1.29 is 4.42 Å². The SMILES string of the molecule is CNc1cnnc(-c2coc3ccccc23)n1. The molecule has 0 spiro atoms. The van der Waals surface area contributed by atoms with E-state index < -0.39 is 0 Å². The van der Waals surface area contributed by atoms with Gasteiger partial charge in [0.1, 0.15) is 17.7 Å². The van der Waals surface area contributed by atoms with Crippen LogP contribution in [0.1, 0.15) is 0 Å². The highest BCUT2D eigenvalue weighted by Crippen LogP contribution is 2.27. The smallest absolute Gasteiger partial charge is 0.187 e. The lowest BCUT2D eigenvalue weighted by Gasteiger charge is -1.99. The number of furan rings is 1. The van der Waals surface area contributed by atoms with E-state index in [1.807, 2.05) is 24.3 Å². The van der Waals surface area contributed by atoms with Crippen molar-refractivity contribution in [1.29, 1.82) is 0 Å².